The fourth-order valence-corrected chi connectivity index (χ4v) is 13.6. The van der Waals surface area contributed by atoms with Crippen LogP contribution < -0.4 is 24.9 Å². The van der Waals surface area contributed by atoms with Crippen LogP contribution in [0.4, 0.5) is 14.4 Å². The molecule has 0 aliphatic carbocycles. The average molecular weight is 1240 g/mol. The van der Waals surface area contributed by atoms with Gasteiger partial charge in [0.15, 0.2) is 24.9 Å². The highest BCUT2D eigenvalue weighted by molar-refractivity contribution is 8.02. The number of ether oxygens (including phenoxy) is 3. The molecule has 4 atom stereocenters. The summed E-state index contributed by atoms with van der Waals surface area (Å²) in [6, 6.07) is 13.7. The number of piperazine rings is 2. The summed E-state index contributed by atoms with van der Waals surface area (Å²) in [5, 5.41) is 26.8. The summed E-state index contributed by atoms with van der Waals surface area (Å²) in [6.45, 7) is 7.52. The van der Waals surface area contributed by atoms with Crippen LogP contribution in [0.3, 0.4) is 0 Å². The van der Waals surface area contributed by atoms with E-state index < -0.39 is 98.2 Å². The van der Waals surface area contributed by atoms with Crippen LogP contribution in [0, 0.1) is 0 Å². The fourth-order valence-electron chi connectivity index (χ4n) is 9.42. The van der Waals surface area contributed by atoms with Crippen molar-refractivity contribution in [2.75, 3.05) is 70.7 Å². The summed E-state index contributed by atoms with van der Waals surface area (Å²) in [7, 11) is -4.14. The van der Waals surface area contributed by atoms with Crippen molar-refractivity contribution in [2.24, 2.45) is 0 Å². The number of benzene rings is 2. The highest BCUT2D eigenvalue weighted by atomic mass is 32.2. The van der Waals surface area contributed by atoms with Gasteiger partial charge in [0.1, 0.15) is 40.6 Å². The average Bonchev–Trinajstić information content (AvgIpc) is 3.64. The van der Waals surface area contributed by atoms with E-state index in [4.69, 9.17) is 23.3 Å². The first kappa shape index (κ1) is 63.9. The van der Waals surface area contributed by atoms with Crippen molar-refractivity contribution >= 4 is 94.0 Å². The van der Waals surface area contributed by atoms with Crippen LogP contribution in [0.2, 0.25) is 0 Å². The lowest BCUT2D eigenvalue weighted by Crippen LogP contribution is -2.56. The predicted octanol–water partition coefficient (Wildman–Crippen LogP) is 2.65. The highest BCUT2D eigenvalue weighted by Crippen LogP contribution is 2.43. The van der Waals surface area contributed by atoms with Crippen LogP contribution in [-0.2, 0) is 64.1 Å². The van der Waals surface area contributed by atoms with E-state index in [9.17, 15) is 57.0 Å². The molecule has 4 fully saturated rings. The number of carboxylic acids is 2. The molecule has 0 unspecified atom stereocenters. The normalized spacial score (nSPS) is 19.3. The van der Waals surface area contributed by atoms with Crippen molar-refractivity contribution in [3.63, 3.8) is 0 Å². The number of nitrogens with one attached hydrogen (secondary N) is 2. The minimum Gasteiger partial charge on any atom is -0.480 e. The Morgan fingerprint density at radius 1 is 0.607 bits per heavy atom. The molecule has 2 aromatic carbocycles. The molecule has 0 saturated carbocycles. The number of carbonyl (C=O) groups is 8. The second-order valence-electron chi connectivity index (χ2n) is 20.5. The van der Waals surface area contributed by atoms with E-state index in [-0.39, 0.29) is 87.5 Å². The zero-order chi connectivity index (χ0) is 60.9. The van der Waals surface area contributed by atoms with Gasteiger partial charge in [0.25, 0.3) is 5.91 Å². The quantitative estimate of drug-likeness (QED) is 0.111. The molecule has 27 nitrogen and oxygen atoms in total. The molecular formula is C53H62N10O17S4. The Morgan fingerprint density at radius 3 is 1.51 bits per heavy atom. The third-order valence-corrected chi connectivity index (χ3v) is 18.7. The summed E-state index contributed by atoms with van der Waals surface area (Å²) >= 11 is 5.57. The van der Waals surface area contributed by atoms with Crippen LogP contribution >= 0.6 is 23.5 Å². The van der Waals surface area contributed by atoms with Crippen LogP contribution in [0.1, 0.15) is 38.8 Å². The van der Waals surface area contributed by atoms with E-state index >= 15 is 0 Å². The van der Waals surface area contributed by atoms with E-state index in [1.54, 1.807) is 44.3 Å². The molecule has 450 valence electrons. The molecule has 6 heterocycles. The lowest BCUT2D eigenvalue weighted by Gasteiger charge is -2.35. The van der Waals surface area contributed by atoms with Gasteiger partial charge in [-0.15, -0.1) is 28.6 Å². The fraction of sp³-hybridized carbons (Fsp3) is 0.434. The van der Waals surface area contributed by atoms with Gasteiger partial charge in [0.2, 0.25) is 21.8 Å². The maximum Gasteiger partial charge on any atom is 0.415 e. The minimum atomic E-state index is -4.14. The van der Waals surface area contributed by atoms with Crippen molar-refractivity contribution in [3.8, 4) is 17.2 Å². The zero-order valence-electron chi connectivity index (χ0n) is 46.0. The van der Waals surface area contributed by atoms with Crippen molar-refractivity contribution in [3.05, 3.63) is 109 Å². The second kappa shape index (κ2) is 28.2. The molecule has 4 N–H and O–H groups in total. The molecule has 8 rings (SSSR count). The van der Waals surface area contributed by atoms with Crippen LogP contribution in [0.25, 0.3) is 0 Å². The van der Waals surface area contributed by atoms with Gasteiger partial charge in [-0.1, -0.05) is 24.3 Å². The van der Waals surface area contributed by atoms with E-state index in [0.29, 0.717) is 22.8 Å². The van der Waals surface area contributed by atoms with Gasteiger partial charge in [-0.25, -0.2) is 32.4 Å². The summed E-state index contributed by atoms with van der Waals surface area (Å²) < 4.78 is 50.8. The molecule has 4 aromatic rings. The summed E-state index contributed by atoms with van der Waals surface area (Å²) in [5.41, 5.74) is 1.04. The Bertz CT molecular complexity index is 3120. The lowest BCUT2D eigenvalue weighted by atomic mass is 10.0. The molecule has 2 aromatic heterocycles. The molecule has 4 aliphatic heterocycles. The smallest absolute Gasteiger partial charge is 0.415 e. The Kier molecular flexibility index (Phi) is 21.5. The zero-order valence-corrected chi connectivity index (χ0v) is 49.2. The summed E-state index contributed by atoms with van der Waals surface area (Å²) in [6.07, 6.45) is 3.37. The van der Waals surface area contributed by atoms with E-state index in [0.717, 1.165) is 4.31 Å². The van der Waals surface area contributed by atoms with Gasteiger partial charge in [-0.05, 0) is 87.4 Å². The number of hydroxylamine groups is 2. The van der Waals surface area contributed by atoms with Gasteiger partial charge in [-0.3, -0.25) is 24.4 Å². The number of nitrogens with zero attached hydrogens (tertiary/aromatic N) is 8. The largest absolute Gasteiger partial charge is 0.480 e. The number of sulfonamides is 1. The number of thioether (sulfide) groups is 2. The SMILES string of the molecule is CC1(C)SCN(Oc2cccnc2)[C@@H]1C(=O)N[C@@H](Cc1ccc(OC(=O)N2CCN(C(=O)COC(=O)N3CCN(C(=O)Oc4ccc(C[C@H](NC(=O)[C@H]5N(S(=O)(=O)c6cccnc6)CSC5(C)C)C(=O)O)cc4)CC3)CC2)cc1)C(=O)O.O=S. The number of amides is 6. The molecule has 0 bridgehead atoms. The monoisotopic (exact) mass is 1240 g/mol. The number of carboxylic acid groups (broad SMARTS) is 2. The van der Waals surface area contributed by atoms with Crippen LogP contribution in [0.15, 0.2) is 102 Å². The first-order valence-electron chi connectivity index (χ1n) is 26.1. The van der Waals surface area contributed by atoms with Crippen molar-refractivity contribution in [2.45, 2.75) is 79.1 Å². The number of hydrogen-bond donors (Lipinski definition) is 4. The standard InChI is InChI=1S/C53H62N10O16S3.OS/c1-52(2)43(62(32-80-52)79-38-7-5-17-54-29-38)45(65)56-40(47(67)68)27-34-9-13-36(14-10-34)77-50(72)60-21-19-58(20-22-60)42(64)31-76-49(71)59-23-25-61(26-24-59)51(73)78-37-15-11-35(12-16-37)28-41(48(69)70)57-46(66)44-53(3,4)81-33-63(44)82(74,75)39-8-6-18-55-30-39;1-2/h5-18,29-30,40-41,43-44H,19-28,31-33H2,1-4H3,(H,56,65)(H,57,66)(H,67,68)(H,69,70);/t40-,41-,43+,44+;/m0./s1. The Balaban J connectivity index is 0.00000501. The predicted molar refractivity (Wildman–Crippen MR) is 303 cm³/mol. The third-order valence-electron chi connectivity index (χ3n) is 14.0. The number of carbonyl (C=O) groups excluding carboxylic acids is 6. The summed E-state index contributed by atoms with van der Waals surface area (Å²) in [5.74, 6) is -3.22. The number of rotatable bonds is 18. The van der Waals surface area contributed by atoms with Crippen molar-refractivity contribution in [1.29, 1.82) is 0 Å². The number of aromatic nitrogens is 2. The number of pyridine rings is 2. The molecule has 84 heavy (non-hydrogen) atoms. The molecular weight excluding hydrogens is 1180 g/mol. The molecule has 6 amide bonds. The first-order valence-corrected chi connectivity index (χ1v) is 29.8. The molecule has 4 saturated heterocycles. The van der Waals surface area contributed by atoms with Gasteiger partial charge in [-0.2, -0.15) is 8.51 Å². The lowest BCUT2D eigenvalue weighted by molar-refractivity contribution is -0.148. The highest BCUT2D eigenvalue weighted by Gasteiger charge is 2.52. The van der Waals surface area contributed by atoms with Gasteiger partial charge >= 0.3 is 30.2 Å². The van der Waals surface area contributed by atoms with Crippen molar-refractivity contribution < 1.29 is 80.2 Å². The number of hydrogen-bond acceptors (Lipinski definition) is 21. The van der Waals surface area contributed by atoms with E-state index in [1.165, 1.54) is 115 Å². The maximum atomic E-state index is 13.7. The second-order valence-corrected chi connectivity index (χ2v) is 25.6. The van der Waals surface area contributed by atoms with Crippen molar-refractivity contribution in [1.82, 2.24) is 49.6 Å². The van der Waals surface area contributed by atoms with Crippen LogP contribution in [-0.4, -0.2) is 214 Å². The van der Waals surface area contributed by atoms with Crippen LogP contribution in [0.5, 0.6) is 17.2 Å². The van der Waals surface area contributed by atoms with Gasteiger partial charge < -0.3 is 59.5 Å². The Labute approximate surface area is 497 Å². The Hall–Kier alpha value is -7.71. The molecule has 31 heteroatoms. The summed E-state index contributed by atoms with van der Waals surface area (Å²) in [4.78, 5) is 123. The number of aliphatic carboxylic acids is 2. The Morgan fingerprint density at radius 2 is 1.05 bits per heavy atom. The van der Waals surface area contributed by atoms with E-state index in [2.05, 4.69) is 33.1 Å². The first-order chi connectivity index (χ1) is 40.0. The molecule has 0 spiro atoms. The van der Waals surface area contributed by atoms with E-state index in [1.807, 2.05) is 13.8 Å². The topological polar surface area (TPSA) is 334 Å². The molecule has 0 radical (unpaired) electrons. The minimum absolute atomic E-state index is 0.0284. The van der Waals surface area contributed by atoms with Gasteiger partial charge in [0, 0.05) is 93.3 Å². The maximum absolute atomic E-state index is 13.7. The van der Waals surface area contributed by atoms with Gasteiger partial charge in [0.05, 0.1) is 18.0 Å². The molecule has 4 aliphatic rings. The third kappa shape index (κ3) is 16.1.